The molecule has 2 aromatic heterocycles. The number of hydrogen-bond acceptors (Lipinski definition) is 7. The van der Waals surface area contributed by atoms with E-state index in [4.69, 9.17) is 10.5 Å². The highest BCUT2D eigenvalue weighted by molar-refractivity contribution is 7.13. The SMILES string of the molecule is Nc1nc(CNc2cc(C3CCOC3)ncn2)cs1. The minimum Gasteiger partial charge on any atom is -0.381 e. The van der Waals surface area contributed by atoms with Gasteiger partial charge in [0.25, 0.3) is 0 Å². The summed E-state index contributed by atoms with van der Waals surface area (Å²) >= 11 is 1.44. The van der Waals surface area contributed by atoms with E-state index in [1.807, 2.05) is 11.4 Å². The second-order valence-corrected chi connectivity index (χ2v) is 5.31. The third-order valence-electron chi connectivity index (χ3n) is 3.06. The molecule has 7 heteroatoms. The molecule has 6 nitrogen and oxygen atoms in total. The first-order valence-corrected chi connectivity index (χ1v) is 7.02. The van der Waals surface area contributed by atoms with E-state index >= 15 is 0 Å². The number of nitrogen functional groups attached to an aromatic ring is 1. The molecule has 3 rings (SSSR count). The minimum atomic E-state index is 0.387. The zero-order valence-corrected chi connectivity index (χ0v) is 11.2. The van der Waals surface area contributed by atoms with E-state index in [2.05, 4.69) is 20.3 Å². The van der Waals surface area contributed by atoms with E-state index in [0.717, 1.165) is 36.8 Å². The first-order valence-electron chi connectivity index (χ1n) is 6.14. The van der Waals surface area contributed by atoms with Gasteiger partial charge in [-0.1, -0.05) is 0 Å². The van der Waals surface area contributed by atoms with E-state index < -0.39 is 0 Å². The fourth-order valence-electron chi connectivity index (χ4n) is 2.05. The Morgan fingerprint density at radius 1 is 1.47 bits per heavy atom. The lowest BCUT2D eigenvalue weighted by atomic mass is 10.1. The summed E-state index contributed by atoms with van der Waals surface area (Å²) in [6.45, 7) is 2.18. The van der Waals surface area contributed by atoms with Crippen molar-refractivity contribution in [1.29, 1.82) is 0 Å². The molecule has 1 aliphatic heterocycles. The van der Waals surface area contributed by atoms with Crippen LogP contribution in [0.25, 0.3) is 0 Å². The predicted molar refractivity (Wildman–Crippen MR) is 74.1 cm³/mol. The van der Waals surface area contributed by atoms with Crippen LogP contribution < -0.4 is 11.1 Å². The molecule has 19 heavy (non-hydrogen) atoms. The molecule has 1 aliphatic rings. The summed E-state index contributed by atoms with van der Waals surface area (Å²) in [7, 11) is 0. The Balaban J connectivity index is 1.65. The molecule has 1 unspecified atom stereocenters. The van der Waals surface area contributed by atoms with Crippen molar-refractivity contribution in [1.82, 2.24) is 15.0 Å². The van der Waals surface area contributed by atoms with Crippen LogP contribution in [-0.4, -0.2) is 28.2 Å². The third kappa shape index (κ3) is 2.99. The maximum atomic E-state index is 5.59. The standard InChI is InChI=1S/C12H15N5OS/c13-12-17-9(6-19-12)4-14-11-3-10(15-7-16-11)8-1-2-18-5-8/h3,6-8H,1-2,4-5H2,(H2,13,17)(H,14,15,16). The number of hydrogen-bond donors (Lipinski definition) is 2. The lowest BCUT2D eigenvalue weighted by Gasteiger charge is -2.09. The fourth-order valence-corrected chi connectivity index (χ4v) is 2.61. The van der Waals surface area contributed by atoms with Crippen LogP contribution in [0.1, 0.15) is 23.7 Å². The van der Waals surface area contributed by atoms with Crippen molar-refractivity contribution >= 4 is 22.3 Å². The zero-order valence-electron chi connectivity index (χ0n) is 10.4. The van der Waals surface area contributed by atoms with Gasteiger partial charge in [-0.25, -0.2) is 15.0 Å². The fraction of sp³-hybridized carbons (Fsp3) is 0.417. The van der Waals surface area contributed by atoms with Crippen molar-refractivity contribution < 1.29 is 4.74 Å². The van der Waals surface area contributed by atoms with Crippen LogP contribution in [0.5, 0.6) is 0 Å². The number of rotatable bonds is 4. The predicted octanol–water partition coefficient (Wildman–Crippen LogP) is 1.63. The van der Waals surface area contributed by atoms with Crippen molar-refractivity contribution in [2.75, 3.05) is 24.3 Å². The first-order chi connectivity index (χ1) is 9.31. The van der Waals surface area contributed by atoms with Crippen LogP contribution in [0.4, 0.5) is 10.9 Å². The third-order valence-corrected chi connectivity index (χ3v) is 3.78. The molecule has 100 valence electrons. The van der Waals surface area contributed by atoms with Gasteiger partial charge >= 0.3 is 0 Å². The maximum absolute atomic E-state index is 5.59. The van der Waals surface area contributed by atoms with Crippen LogP contribution in [0.15, 0.2) is 17.8 Å². The van der Waals surface area contributed by atoms with Gasteiger partial charge in [-0.3, -0.25) is 0 Å². The normalized spacial score (nSPS) is 18.6. The van der Waals surface area contributed by atoms with Crippen LogP contribution in [0.3, 0.4) is 0 Å². The largest absolute Gasteiger partial charge is 0.381 e. The molecule has 0 saturated carbocycles. The van der Waals surface area contributed by atoms with Gasteiger partial charge in [0.2, 0.25) is 0 Å². The monoisotopic (exact) mass is 277 g/mol. The summed E-state index contributed by atoms with van der Waals surface area (Å²) in [5, 5.41) is 5.76. The highest BCUT2D eigenvalue weighted by Crippen LogP contribution is 2.24. The molecular formula is C12H15N5OS. The number of nitrogens with one attached hydrogen (secondary N) is 1. The Morgan fingerprint density at radius 2 is 2.42 bits per heavy atom. The second-order valence-electron chi connectivity index (χ2n) is 4.42. The Hall–Kier alpha value is -1.73. The van der Waals surface area contributed by atoms with E-state index in [1.54, 1.807) is 6.33 Å². The molecule has 0 spiro atoms. The molecule has 0 radical (unpaired) electrons. The van der Waals surface area contributed by atoms with Gasteiger partial charge in [-0.15, -0.1) is 11.3 Å². The average Bonchev–Trinajstić information content (AvgIpc) is 3.08. The van der Waals surface area contributed by atoms with Crippen molar-refractivity contribution in [2.45, 2.75) is 18.9 Å². The van der Waals surface area contributed by atoms with Crippen molar-refractivity contribution in [3.8, 4) is 0 Å². The van der Waals surface area contributed by atoms with E-state index in [-0.39, 0.29) is 0 Å². The molecule has 0 amide bonds. The van der Waals surface area contributed by atoms with Crippen molar-refractivity contribution in [3.63, 3.8) is 0 Å². The Kier molecular flexibility index (Phi) is 3.56. The Labute approximate surface area is 115 Å². The number of nitrogens with two attached hydrogens (primary N) is 1. The molecule has 2 aromatic rings. The van der Waals surface area contributed by atoms with Crippen molar-refractivity contribution in [3.05, 3.63) is 29.2 Å². The Morgan fingerprint density at radius 3 is 3.16 bits per heavy atom. The molecule has 0 aliphatic carbocycles. The van der Waals surface area contributed by atoms with Gasteiger partial charge in [0.05, 0.1) is 24.5 Å². The summed E-state index contributed by atoms with van der Waals surface area (Å²) in [4.78, 5) is 12.7. The van der Waals surface area contributed by atoms with Gasteiger partial charge in [-0.05, 0) is 6.42 Å². The summed E-state index contributed by atoms with van der Waals surface area (Å²) in [5.41, 5.74) is 7.55. The molecule has 0 bridgehead atoms. The lowest BCUT2D eigenvalue weighted by Crippen LogP contribution is -2.06. The van der Waals surface area contributed by atoms with Crippen LogP contribution in [0, 0.1) is 0 Å². The van der Waals surface area contributed by atoms with Gasteiger partial charge in [0.1, 0.15) is 12.1 Å². The van der Waals surface area contributed by atoms with E-state index in [9.17, 15) is 0 Å². The van der Waals surface area contributed by atoms with Crippen molar-refractivity contribution in [2.24, 2.45) is 0 Å². The summed E-state index contributed by atoms with van der Waals surface area (Å²) in [5.74, 6) is 1.20. The minimum absolute atomic E-state index is 0.387. The number of aromatic nitrogens is 3. The lowest BCUT2D eigenvalue weighted by molar-refractivity contribution is 0.193. The maximum Gasteiger partial charge on any atom is 0.180 e. The number of thiazole rings is 1. The molecule has 0 aromatic carbocycles. The molecule has 1 fully saturated rings. The highest BCUT2D eigenvalue weighted by atomic mass is 32.1. The number of anilines is 2. The highest BCUT2D eigenvalue weighted by Gasteiger charge is 2.19. The van der Waals surface area contributed by atoms with Gasteiger partial charge in [0.15, 0.2) is 5.13 Å². The quantitative estimate of drug-likeness (QED) is 0.883. The van der Waals surface area contributed by atoms with Gasteiger partial charge < -0.3 is 15.8 Å². The topological polar surface area (TPSA) is 86.0 Å². The number of ether oxygens (including phenoxy) is 1. The molecule has 3 N–H and O–H groups in total. The smallest absolute Gasteiger partial charge is 0.180 e. The second kappa shape index (κ2) is 5.50. The van der Waals surface area contributed by atoms with E-state index in [1.165, 1.54) is 11.3 Å². The summed E-state index contributed by atoms with van der Waals surface area (Å²) in [6.07, 6.45) is 2.62. The number of nitrogens with zero attached hydrogens (tertiary/aromatic N) is 3. The molecule has 3 heterocycles. The molecule has 1 saturated heterocycles. The summed E-state index contributed by atoms with van der Waals surface area (Å²) in [6, 6.07) is 1.98. The van der Waals surface area contributed by atoms with Gasteiger partial charge in [-0.2, -0.15) is 0 Å². The first kappa shape index (κ1) is 12.3. The molecular weight excluding hydrogens is 262 g/mol. The average molecular weight is 277 g/mol. The zero-order chi connectivity index (χ0) is 13.1. The van der Waals surface area contributed by atoms with E-state index in [0.29, 0.717) is 17.6 Å². The van der Waals surface area contributed by atoms with Gasteiger partial charge in [0, 0.05) is 24.0 Å². The van der Waals surface area contributed by atoms with Crippen LogP contribution in [0.2, 0.25) is 0 Å². The van der Waals surface area contributed by atoms with Crippen LogP contribution >= 0.6 is 11.3 Å². The summed E-state index contributed by atoms with van der Waals surface area (Å²) < 4.78 is 5.38. The Bertz CT molecular complexity index is 553. The van der Waals surface area contributed by atoms with Crippen LogP contribution in [-0.2, 0) is 11.3 Å². The molecule has 1 atom stereocenters.